The number of nitrogens with zero attached hydrogens (tertiary/aromatic N) is 1. The zero-order valence-corrected chi connectivity index (χ0v) is 21.0. The molecule has 0 aromatic heterocycles. The number of hydrogen-bond acceptors (Lipinski definition) is 4. The highest BCUT2D eigenvalue weighted by molar-refractivity contribution is 14.0. The molecule has 2 aliphatic carbocycles. The fourth-order valence-corrected chi connectivity index (χ4v) is 4.28. The summed E-state index contributed by atoms with van der Waals surface area (Å²) in [5.41, 5.74) is 1.48. The van der Waals surface area contributed by atoms with Crippen molar-refractivity contribution < 1.29 is 14.2 Å². The Morgan fingerprint density at radius 1 is 1.13 bits per heavy atom. The smallest absolute Gasteiger partial charge is 0.191 e. The van der Waals surface area contributed by atoms with Gasteiger partial charge < -0.3 is 24.8 Å². The Kier molecular flexibility index (Phi) is 10.5. The maximum atomic E-state index is 6.31. The van der Waals surface area contributed by atoms with E-state index in [0.717, 1.165) is 55.4 Å². The largest absolute Gasteiger partial charge is 0.497 e. The molecule has 2 N–H and O–H groups in total. The quantitative estimate of drug-likeness (QED) is 0.265. The van der Waals surface area contributed by atoms with Gasteiger partial charge >= 0.3 is 0 Å². The summed E-state index contributed by atoms with van der Waals surface area (Å²) in [7, 11) is 5.29. The maximum absolute atomic E-state index is 6.31. The molecule has 0 saturated heterocycles. The van der Waals surface area contributed by atoms with Crippen LogP contribution in [0.2, 0.25) is 0 Å². The SMILES string of the molecule is CN=C(NCc1ccc(OC)cc1OC1CCCC1)NCC1(CCOC)CCC1.I. The van der Waals surface area contributed by atoms with Gasteiger partial charge in [0.25, 0.3) is 0 Å². The number of rotatable bonds is 10. The molecule has 0 radical (unpaired) electrons. The van der Waals surface area contributed by atoms with E-state index in [4.69, 9.17) is 14.2 Å². The molecule has 0 unspecified atom stereocenters. The monoisotopic (exact) mass is 531 g/mol. The lowest BCUT2D eigenvalue weighted by Crippen LogP contribution is -2.46. The topological polar surface area (TPSA) is 64.1 Å². The van der Waals surface area contributed by atoms with Gasteiger partial charge in [-0.05, 0) is 62.5 Å². The number of nitrogens with one attached hydrogen (secondary N) is 2. The summed E-state index contributed by atoms with van der Waals surface area (Å²) >= 11 is 0. The normalized spacial score (nSPS) is 18.3. The molecule has 0 bridgehead atoms. The van der Waals surface area contributed by atoms with E-state index >= 15 is 0 Å². The van der Waals surface area contributed by atoms with Crippen LogP contribution in [0.4, 0.5) is 0 Å². The number of ether oxygens (including phenoxy) is 3. The first-order valence-corrected chi connectivity index (χ1v) is 10.9. The Morgan fingerprint density at radius 3 is 2.50 bits per heavy atom. The van der Waals surface area contributed by atoms with Crippen LogP contribution in [0.1, 0.15) is 56.9 Å². The van der Waals surface area contributed by atoms with Gasteiger partial charge in [0.05, 0.1) is 13.2 Å². The van der Waals surface area contributed by atoms with Crippen LogP contribution >= 0.6 is 24.0 Å². The van der Waals surface area contributed by atoms with Gasteiger partial charge in [0.1, 0.15) is 11.5 Å². The lowest BCUT2D eigenvalue weighted by Gasteiger charge is -2.42. The molecule has 2 fully saturated rings. The highest BCUT2D eigenvalue weighted by Crippen LogP contribution is 2.43. The fourth-order valence-electron chi connectivity index (χ4n) is 4.28. The second kappa shape index (κ2) is 12.6. The van der Waals surface area contributed by atoms with Crippen LogP contribution in [-0.2, 0) is 11.3 Å². The number of methoxy groups -OCH3 is 2. The second-order valence-corrected chi connectivity index (χ2v) is 8.37. The third-order valence-corrected chi connectivity index (χ3v) is 6.42. The van der Waals surface area contributed by atoms with Crippen LogP contribution in [0.25, 0.3) is 0 Å². The summed E-state index contributed by atoms with van der Waals surface area (Å²) in [6.07, 6.45) is 10.0. The van der Waals surface area contributed by atoms with Crippen molar-refractivity contribution in [3.8, 4) is 11.5 Å². The molecule has 6 nitrogen and oxygen atoms in total. The zero-order valence-electron chi connectivity index (χ0n) is 18.7. The number of benzene rings is 1. The van der Waals surface area contributed by atoms with Crippen molar-refractivity contribution in [2.24, 2.45) is 10.4 Å². The summed E-state index contributed by atoms with van der Waals surface area (Å²) < 4.78 is 17.0. The molecular formula is C23H38IN3O3. The molecule has 30 heavy (non-hydrogen) atoms. The maximum Gasteiger partial charge on any atom is 0.191 e. The van der Waals surface area contributed by atoms with Crippen molar-refractivity contribution in [2.75, 3.05) is 34.4 Å². The predicted octanol–water partition coefficient (Wildman–Crippen LogP) is 4.51. The standard InChI is InChI=1S/C23H37N3O3.HI/c1-24-22(26-17-23(11-6-12-23)13-14-27-2)25-16-18-9-10-20(28-3)15-21(18)29-19-7-4-5-8-19;/h9-10,15,19H,4-8,11-14,16-17H2,1-3H3,(H2,24,25,26);1H. The van der Waals surface area contributed by atoms with Crippen LogP contribution in [0.3, 0.4) is 0 Å². The molecule has 1 aromatic rings. The van der Waals surface area contributed by atoms with E-state index in [1.54, 1.807) is 14.2 Å². The van der Waals surface area contributed by atoms with E-state index in [-0.39, 0.29) is 24.0 Å². The minimum Gasteiger partial charge on any atom is -0.497 e. The number of aliphatic imine (C=N–C) groups is 1. The highest BCUT2D eigenvalue weighted by atomic mass is 127. The molecule has 7 heteroatoms. The summed E-state index contributed by atoms with van der Waals surface area (Å²) in [5.74, 6) is 2.57. The van der Waals surface area contributed by atoms with Crippen LogP contribution < -0.4 is 20.1 Å². The third kappa shape index (κ3) is 6.90. The summed E-state index contributed by atoms with van der Waals surface area (Å²) in [6.45, 7) is 2.42. The van der Waals surface area contributed by atoms with Crippen molar-refractivity contribution in [3.05, 3.63) is 23.8 Å². The number of halogens is 1. The van der Waals surface area contributed by atoms with Crippen LogP contribution in [-0.4, -0.2) is 46.5 Å². The van der Waals surface area contributed by atoms with Crippen molar-refractivity contribution in [1.82, 2.24) is 10.6 Å². The second-order valence-electron chi connectivity index (χ2n) is 8.37. The molecule has 0 atom stereocenters. The Morgan fingerprint density at radius 2 is 1.90 bits per heavy atom. The summed E-state index contributed by atoms with van der Waals surface area (Å²) in [5, 5.41) is 6.98. The van der Waals surface area contributed by atoms with Gasteiger partial charge in [0, 0.05) is 45.5 Å². The predicted molar refractivity (Wildman–Crippen MR) is 132 cm³/mol. The van der Waals surface area contributed by atoms with Crippen LogP contribution in [0.5, 0.6) is 11.5 Å². The lowest BCUT2D eigenvalue weighted by atomic mass is 9.67. The first-order chi connectivity index (χ1) is 14.2. The average molecular weight is 531 g/mol. The molecule has 3 rings (SSSR count). The molecule has 0 spiro atoms. The van der Waals surface area contributed by atoms with E-state index in [9.17, 15) is 0 Å². The molecule has 1 aromatic carbocycles. The lowest BCUT2D eigenvalue weighted by molar-refractivity contribution is 0.0732. The Hall–Kier alpha value is -1.22. The van der Waals surface area contributed by atoms with Gasteiger partial charge in [-0.2, -0.15) is 0 Å². The van der Waals surface area contributed by atoms with E-state index in [1.165, 1.54) is 32.1 Å². The van der Waals surface area contributed by atoms with Gasteiger partial charge in [-0.1, -0.05) is 6.42 Å². The fraction of sp³-hybridized carbons (Fsp3) is 0.696. The van der Waals surface area contributed by atoms with Gasteiger partial charge in [-0.3, -0.25) is 4.99 Å². The minimum absolute atomic E-state index is 0. The van der Waals surface area contributed by atoms with Crippen LogP contribution in [0.15, 0.2) is 23.2 Å². The van der Waals surface area contributed by atoms with Gasteiger partial charge in [-0.25, -0.2) is 0 Å². The molecule has 2 aliphatic rings. The van der Waals surface area contributed by atoms with E-state index < -0.39 is 0 Å². The van der Waals surface area contributed by atoms with E-state index in [2.05, 4.69) is 21.7 Å². The van der Waals surface area contributed by atoms with E-state index in [0.29, 0.717) is 18.1 Å². The van der Waals surface area contributed by atoms with Gasteiger partial charge in [0.2, 0.25) is 0 Å². The molecule has 0 aliphatic heterocycles. The van der Waals surface area contributed by atoms with Gasteiger partial charge in [0.15, 0.2) is 5.96 Å². The van der Waals surface area contributed by atoms with Crippen molar-refractivity contribution in [1.29, 1.82) is 0 Å². The minimum atomic E-state index is 0. The molecule has 2 saturated carbocycles. The van der Waals surface area contributed by atoms with Gasteiger partial charge in [-0.15, -0.1) is 24.0 Å². The molecule has 0 amide bonds. The van der Waals surface area contributed by atoms with Crippen molar-refractivity contribution in [3.63, 3.8) is 0 Å². The van der Waals surface area contributed by atoms with Crippen LogP contribution in [0, 0.1) is 5.41 Å². The molecule has 170 valence electrons. The number of guanidine groups is 1. The van der Waals surface area contributed by atoms with E-state index in [1.807, 2.05) is 19.2 Å². The Labute approximate surface area is 198 Å². The summed E-state index contributed by atoms with van der Waals surface area (Å²) in [4.78, 5) is 4.41. The first kappa shape index (κ1) is 25.0. The number of hydrogen-bond donors (Lipinski definition) is 2. The Balaban J connectivity index is 0.00000320. The Bertz CT molecular complexity index is 674. The first-order valence-electron chi connectivity index (χ1n) is 10.9. The third-order valence-electron chi connectivity index (χ3n) is 6.42. The summed E-state index contributed by atoms with van der Waals surface area (Å²) in [6, 6.07) is 6.07. The van der Waals surface area contributed by atoms with Crippen molar-refractivity contribution in [2.45, 2.75) is 64.0 Å². The molecular weight excluding hydrogens is 493 g/mol. The zero-order chi connectivity index (χ0) is 20.5. The molecule has 0 heterocycles. The van der Waals surface area contributed by atoms with Crippen molar-refractivity contribution >= 4 is 29.9 Å². The average Bonchev–Trinajstić information content (AvgIpc) is 3.22. The highest BCUT2D eigenvalue weighted by Gasteiger charge is 2.36.